The van der Waals surface area contributed by atoms with Gasteiger partial charge in [-0.05, 0) is 76.2 Å². The van der Waals surface area contributed by atoms with E-state index in [0.29, 0.717) is 52.9 Å². The van der Waals surface area contributed by atoms with Crippen molar-refractivity contribution in [1.29, 1.82) is 0 Å². The quantitative estimate of drug-likeness (QED) is 0.246. The van der Waals surface area contributed by atoms with E-state index in [1.54, 1.807) is 94.3 Å². The van der Waals surface area contributed by atoms with Crippen molar-refractivity contribution < 1.29 is 28.5 Å². The number of hydrogen-bond donors (Lipinski definition) is 1. The van der Waals surface area contributed by atoms with Crippen LogP contribution in [-0.4, -0.2) is 68.5 Å². The fraction of sp³-hybridized carbons (Fsp3) is 0.324. The van der Waals surface area contributed by atoms with Crippen molar-refractivity contribution in [2.45, 2.75) is 46.8 Å². The second-order valence-corrected chi connectivity index (χ2v) is 10.9. The van der Waals surface area contributed by atoms with E-state index in [-0.39, 0.29) is 42.0 Å². The van der Waals surface area contributed by atoms with Crippen LogP contribution in [-0.2, 0) is 22.6 Å². The van der Waals surface area contributed by atoms with Crippen LogP contribution in [0.5, 0.6) is 11.5 Å². The highest BCUT2D eigenvalue weighted by atomic mass is 16.5. The van der Waals surface area contributed by atoms with Gasteiger partial charge in [0.05, 0.1) is 56.4 Å². The van der Waals surface area contributed by atoms with Crippen LogP contribution in [0.15, 0.2) is 70.5 Å². The largest absolute Gasteiger partial charge is 0.497 e. The van der Waals surface area contributed by atoms with Gasteiger partial charge in [-0.1, -0.05) is 0 Å². The zero-order chi connectivity index (χ0) is 34.5. The molecule has 4 heterocycles. The van der Waals surface area contributed by atoms with Crippen molar-refractivity contribution >= 4 is 17.5 Å². The van der Waals surface area contributed by atoms with Gasteiger partial charge in [0.2, 0.25) is 0 Å². The number of nitrogens with one attached hydrogen (secondary N) is 1. The molecule has 0 saturated carbocycles. The highest BCUT2D eigenvalue weighted by Crippen LogP contribution is 2.22. The molecule has 0 bridgehead atoms. The summed E-state index contributed by atoms with van der Waals surface area (Å²) in [6.07, 6.45) is 3.10. The second kappa shape index (κ2) is 14.4. The molecule has 6 rings (SSSR count). The molecule has 14 heteroatoms. The monoisotopic (exact) mass is 658 g/mol. The summed E-state index contributed by atoms with van der Waals surface area (Å²) >= 11 is 0. The third-order valence-electron chi connectivity index (χ3n) is 7.75. The minimum Gasteiger partial charge on any atom is -0.497 e. The standard InChI is InChI=1S/C17H21N3O4.C17H17N3O4/c2*1-4-24-16(21)15-14-9-18-11(2)10-19(14)17(22)20(15)12-5-7-13(23-3)8-6-12/h5-8,11,18H,4,9-10H2,1-3H3;5-10H,4H2,1-3H3. The summed E-state index contributed by atoms with van der Waals surface area (Å²) < 4.78 is 26.4. The highest BCUT2D eigenvalue weighted by Gasteiger charge is 2.30. The minimum atomic E-state index is -0.571. The van der Waals surface area contributed by atoms with Gasteiger partial charge in [0, 0.05) is 25.3 Å². The molecule has 0 radical (unpaired) electrons. The van der Waals surface area contributed by atoms with E-state index in [4.69, 9.17) is 18.9 Å². The average molecular weight is 659 g/mol. The lowest BCUT2D eigenvalue weighted by Gasteiger charge is -2.22. The minimum absolute atomic E-state index is 0.152. The fourth-order valence-corrected chi connectivity index (χ4v) is 5.48. The lowest BCUT2D eigenvalue weighted by atomic mass is 10.2. The number of carbonyl (C=O) groups is 2. The number of ether oxygens (including phenoxy) is 4. The summed E-state index contributed by atoms with van der Waals surface area (Å²) in [5.41, 5.74) is 2.74. The van der Waals surface area contributed by atoms with Crippen LogP contribution in [0, 0.1) is 6.92 Å². The van der Waals surface area contributed by atoms with Gasteiger partial charge in [-0.2, -0.15) is 0 Å². The molecule has 252 valence electrons. The number of fused-ring (bicyclic) bond motifs is 2. The molecule has 14 nitrogen and oxygen atoms in total. The van der Waals surface area contributed by atoms with Gasteiger partial charge in [0.1, 0.15) is 17.0 Å². The highest BCUT2D eigenvalue weighted by molar-refractivity contribution is 5.96. The zero-order valence-electron chi connectivity index (χ0n) is 27.7. The van der Waals surface area contributed by atoms with Gasteiger partial charge < -0.3 is 24.3 Å². The van der Waals surface area contributed by atoms with E-state index < -0.39 is 11.9 Å². The normalized spacial score (nSPS) is 13.7. The maximum Gasteiger partial charge on any atom is 0.357 e. The molecular formula is C34H38N6O8. The predicted molar refractivity (Wildman–Crippen MR) is 177 cm³/mol. The van der Waals surface area contributed by atoms with Crippen molar-refractivity contribution in [3.63, 3.8) is 0 Å². The van der Waals surface area contributed by atoms with E-state index in [9.17, 15) is 19.2 Å². The Hall–Kier alpha value is -5.63. The Morgan fingerprint density at radius 3 is 1.88 bits per heavy atom. The van der Waals surface area contributed by atoms with Crippen LogP contribution in [0.3, 0.4) is 0 Å². The molecule has 0 fully saturated rings. The van der Waals surface area contributed by atoms with Gasteiger partial charge in [-0.25, -0.2) is 19.2 Å². The summed E-state index contributed by atoms with van der Waals surface area (Å²) in [7, 11) is 3.14. The topological polar surface area (TPSA) is 149 Å². The smallest absolute Gasteiger partial charge is 0.357 e. The number of aromatic nitrogens is 5. The number of aryl methyl sites for hydroxylation is 1. The summed E-state index contributed by atoms with van der Waals surface area (Å²) in [5.74, 6) is 0.281. The molecule has 48 heavy (non-hydrogen) atoms. The van der Waals surface area contributed by atoms with Gasteiger partial charge >= 0.3 is 23.3 Å². The average Bonchev–Trinajstić information content (AvgIpc) is 3.55. The van der Waals surface area contributed by atoms with Crippen molar-refractivity contribution in [2.75, 3.05) is 27.4 Å². The lowest BCUT2D eigenvalue weighted by molar-refractivity contribution is 0.0507. The number of benzene rings is 2. The summed E-state index contributed by atoms with van der Waals surface area (Å²) in [6.45, 7) is 8.68. The Morgan fingerprint density at radius 1 is 0.833 bits per heavy atom. The molecule has 1 unspecified atom stereocenters. The molecule has 0 aliphatic carbocycles. The molecule has 5 aromatic rings. The van der Waals surface area contributed by atoms with E-state index in [2.05, 4.69) is 10.3 Å². The molecular weight excluding hydrogens is 620 g/mol. The number of methoxy groups -OCH3 is 2. The van der Waals surface area contributed by atoms with Crippen LogP contribution in [0.1, 0.15) is 53.1 Å². The maximum atomic E-state index is 12.9. The van der Waals surface area contributed by atoms with Crippen LogP contribution in [0.4, 0.5) is 0 Å². The van der Waals surface area contributed by atoms with Gasteiger partial charge in [0.25, 0.3) is 0 Å². The molecule has 1 atom stereocenters. The first kappa shape index (κ1) is 33.7. The number of esters is 2. The third kappa shape index (κ3) is 6.47. The summed E-state index contributed by atoms with van der Waals surface area (Å²) in [5, 5.41) is 3.28. The number of carbonyl (C=O) groups excluding carboxylic acids is 2. The second-order valence-electron chi connectivity index (χ2n) is 10.9. The Kier molecular flexibility index (Phi) is 10.1. The van der Waals surface area contributed by atoms with Crippen LogP contribution in [0.2, 0.25) is 0 Å². The van der Waals surface area contributed by atoms with Crippen molar-refractivity contribution in [2.24, 2.45) is 0 Å². The van der Waals surface area contributed by atoms with Gasteiger partial charge in [0.15, 0.2) is 11.4 Å². The van der Waals surface area contributed by atoms with E-state index in [1.165, 1.54) is 19.7 Å². The first-order chi connectivity index (χ1) is 23.1. The molecule has 0 amide bonds. The SMILES string of the molecule is CCOC(=O)c1c2cnc(C)cn2c(=O)n1-c1ccc(OC)cc1.CCOC(=O)c1c2n(c(=O)n1-c1ccc(OC)cc1)CC(C)NC2. The van der Waals surface area contributed by atoms with Crippen molar-refractivity contribution in [3.8, 4) is 22.9 Å². The van der Waals surface area contributed by atoms with Crippen LogP contribution < -0.4 is 26.2 Å². The Morgan fingerprint density at radius 2 is 1.35 bits per heavy atom. The first-order valence-electron chi connectivity index (χ1n) is 15.4. The maximum absolute atomic E-state index is 12.9. The molecule has 0 saturated heterocycles. The molecule has 3 aromatic heterocycles. The number of hydrogen-bond acceptors (Lipinski definition) is 10. The van der Waals surface area contributed by atoms with Gasteiger partial charge in [-0.3, -0.25) is 23.1 Å². The van der Waals surface area contributed by atoms with E-state index >= 15 is 0 Å². The van der Waals surface area contributed by atoms with Crippen LogP contribution in [0.25, 0.3) is 16.9 Å². The predicted octanol–water partition coefficient (Wildman–Crippen LogP) is 3.29. The number of nitrogens with zero attached hydrogens (tertiary/aromatic N) is 5. The molecule has 0 spiro atoms. The molecule has 1 aliphatic heterocycles. The Labute approximate surface area is 276 Å². The van der Waals surface area contributed by atoms with Crippen LogP contribution >= 0.6 is 0 Å². The lowest BCUT2D eigenvalue weighted by Crippen LogP contribution is -2.40. The Balaban J connectivity index is 0.000000188. The van der Waals surface area contributed by atoms with Crippen molar-refractivity contribution in [3.05, 3.63) is 105 Å². The third-order valence-corrected chi connectivity index (χ3v) is 7.75. The summed E-state index contributed by atoms with van der Waals surface area (Å²) in [4.78, 5) is 54.8. The number of rotatable bonds is 8. The first-order valence-corrected chi connectivity index (χ1v) is 15.4. The van der Waals surface area contributed by atoms with Crippen molar-refractivity contribution in [1.82, 2.24) is 28.4 Å². The van der Waals surface area contributed by atoms with E-state index in [0.717, 1.165) is 0 Å². The number of imidazole rings is 2. The van der Waals surface area contributed by atoms with E-state index in [1.807, 2.05) is 6.92 Å². The summed E-state index contributed by atoms with van der Waals surface area (Å²) in [6, 6.07) is 14.1. The Bertz CT molecular complexity index is 2050. The molecule has 2 aromatic carbocycles. The molecule has 1 aliphatic rings. The molecule has 1 N–H and O–H groups in total. The van der Waals surface area contributed by atoms with Gasteiger partial charge in [-0.15, -0.1) is 0 Å². The zero-order valence-corrected chi connectivity index (χ0v) is 27.7. The fourth-order valence-electron chi connectivity index (χ4n) is 5.48.